The maximum Gasteiger partial charge on any atom is 0.302 e. The number of hydrogen-bond acceptors (Lipinski definition) is 5. The van der Waals surface area contributed by atoms with Crippen LogP contribution in [0.1, 0.15) is 27.7 Å². The van der Waals surface area contributed by atoms with Crippen molar-refractivity contribution >= 4 is 24.7 Å². The van der Waals surface area contributed by atoms with E-state index in [1.54, 1.807) is 7.11 Å². The Kier molecular flexibility index (Phi) is 8.06. The van der Waals surface area contributed by atoms with Crippen molar-refractivity contribution in [2.75, 3.05) is 20.3 Å². The zero-order chi connectivity index (χ0) is 23.2. The van der Waals surface area contributed by atoms with Gasteiger partial charge in [0.25, 0.3) is 8.32 Å². The predicted molar refractivity (Wildman–Crippen MR) is 129 cm³/mol. The molecule has 0 amide bonds. The van der Waals surface area contributed by atoms with Gasteiger partial charge in [-0.3, -0.25) is 4.79 Å². The summed E-state index contributed by atoms with van der Waals surface area (Å²) in [7, 11) is -1.08. The molecule has 1 aliphatic rings. The van der Waals surface area contributed by atoms with Gasteiger partial charge in [0.05, 0.1) is 12.7 Å². The third kappa shape index (κ3) is 5.38. The fourth-order valence-electron chi connectivity index (χ4n) is 4.32. The molecule has 32 heavy (non-hydrogen) atoms. The quantitative estimate of drug-likeness (QED) is 0.346. The first-order valence-electron chi connectivity index (χ1n) is 11.0. The van der Waals surface area contributed by atoms with Gasteiger partial charge in [0.2, 0.25) is 0 Å². The highest BCUT2D eigenvalue weighted by Gasteiger charge is 2.50. The molecule has 6 heteroatoms. The molecule has 0 saturated heterocycles. The van der Waals surface area contributed by atoms with E-state index in [1.165, 1.54) is 17.3 Å². The van der Waals surface area contributed by atoms with E-state index >= 15 is 0 Å². The lowest BCUT2D eigenvalue weighted by atomic mass is 10.0. The smallest absolute Gasteiger partial charge is 0.302 e. The van der Waals surface area contributed by atoms with Crippen LogP contribution in [0.2, 0.25) is 5.04 Å². The minimum atomic E-state index is -2.69. The molecule has 0 saturated carbocycles. The molecular formula is C26H34O5Si. The van der Waals surface area contributed by atoms with Gasteiger partial charge in [-0.15, -0.1) is 0 Å². The minimum Gasteiger partial charge on any atom is -0.465 e. The van der Waals surface area contributed by atoms with E-state index < -0.39 is 14.6 Å². The number of benzene rings is 2. The van der Waals surface area contributed by atoms with Gasteiger partial charge in [-0.2, -0.15) is 0 Å². The largest absolute Gasteiger partial charge is 0.465 e. The molecule has 172 valence electrons. The Balaban J connectivity index is 1.97. The summed E-state index contributed by atoms with van der Waals surface area (Å²) in [5.41, 5.74) is 0. The van der Waals surface area contributed by atoms with Crippen LogP contribution in [-0.4, -0.2) is 47.0 Å². The molecule has 1 aliphatic heterocycles. The van der Waals surface area contributed by atoms with E-state index in [0.717, 1.165) is 0 Å². The molecule has 0 radical (unpaired) electrons. The zero-order valence-corrected chi connectivity index (χ0v) is 20.6. The highest BCUT2D eigenvalue weighted by Crippen LogP contribution is 2.37. The SMILES string of the molecule is CO[C@@H]1C=C[C@H](COC(C)=O)[C@@H](CO[Si](c2ccccc2)(c2ccccc2)C(C)(C)C)O1. The lowest BCUT2D eigenvalue weighted by molar-refractivity contribution is -0.164. The fraction of sp³-hybridized carbons (Fsp3) is 0.423. The molecule has 0 unspecified atom stereocenters. The number of esters is 1. The van der Waals surface area contributed by atoms with Gasteiger partial charge in [-0.05, 0) is 21.5 Å². The predicted octanol–water partition coefficient (Wildman–Crippen LogP) is 3.67. The van der Waals surface area contributed by atoms with E-state index in [2.05, 4.69) is 69.3 Å². The zero-order valence-electron chi connectivity index (χ0n) is 19.6. The van der Waals surface area contributed by atoms with Crippen LogP contribution in [0.25, 0.3) is 0 Å². The highest BCUT2D eigenvalue weighted by molar-refractivity contribution is 6.99. The van der Waals surface area contributed by atoms with Crippen molar-refractivity contribution < 1.29 is 23.4 Å². The van der Waals surface area contributed by atoms with E-state index in [4.69, 9.17) is 18.6 Å². The second-order valence-electron chi connectivity index (χ2n) is 9.10. The third-order valence-electron chi connectivity index (χ3n) is 5.89. The first kappa shape index (κ1) is 24.4. The summed E-state index contributed by atoms with van der Waals surface area (Å²) >= 11 is 0. The van der Waals surface area contributed by atoms with Gasteiger partial charge in [0, 0.05) is 20.0 Å². The van der Waals surface area contributed by atoms with Crippen LogP contribution in [0, 0.1) is 5.92 Å². The number of ether oxygens (including phenoxy) is 3. The Labute approximate surface area is 192 Å². The Hall–Kier alpha value is -2.25. The fourth-order valence-corrected chi connectivity index (χ4v) is 8.89. The number of carbonyl (C=O) groups excluding carboxylic acids is 1. The van der Waals surface area contributed by atoms with Gasteiger partial charge >= 0.3 is 5.97 Å². The van der Waals surface area contributed by atoms with Gasteiger partial charge in [-0.1, -0.05) is 87.5 Å². The summed E-state index contributed by atoms with van der Waals surface area (Å²) in [6, 6.07) is 21.0. The normalized spacial score (nSPS) is 21.3. The lowest BCUT2D eigenvalue weighted by Gasteiger charge is -2.44. The second kappa shape index (κ2) is 10.6. The van der Waals surface area contributed by atoms with Crippen LogP contribution in [0.4, 0.5) is 0 Å². The highest BCUT2D eigenvalue weighted by atomic mass is 28.4. The number of hydrogen-bond donors (Lipinski definition) is 0. The Bertz CT molecular complexity index is 852. The van der Waals surface area contributed by atoms with Crippen LogP contribution in [0.3, 0.4) is 0 Å². The average molecular weight is 455 g/mol. The van der Waals surface area contributed by atoms with Crippen LogP contribution in [-0.2, 0) is 23.4 Å². The van der Waals surface area contributed by atoms with E-state index in [0.29, 0.717) is 6.61 Å². The van der Waals surface area contributed by atoms with E-state index in [-0.39, 0.29) is 29.6 Å². The molecular weight excluding hydrogens is 420 g/mol. The summed E-state index contributed by atoms with van der Waals surface area (Å²) in [6.45, 7) is 8.76. The molecule has 0 fully saturated rings. The van der Waals surface area contributed by atoms with Crippen molar-refractivity contribution in [1.82, 2.24) is 0 Å². The minimum absolute atomic E-state index is 0.108. The van der Waals surface area contributed by atoms with Gasteiger partial charge < -0.3 is 18.6 Å². The number of methoxy groups -OCH3 is 1. The molecule has 2 aromatic carbocycles. The first-order valence-corrected chi connectivity index (χ1v) is 12.9. The van der Waals surface area contributed by atoms with Crippen LogP contribution >= 0.6 is 0 Å². The van der Waals surface area contributed by atoms with Gasteiger partial charge in [-0.25, -0.2) is 0 Å². The molecule has 2 aromatic rings. The molecule has 3 rings (SSSR count). The molecule has 1 heterocycles. The monoisotopic (exact) mass is 454 g/mol. The lowest BCUT2D eigenvalue weighted by Crippen LogP contribution is -2.67. The van der Waals surface area contributed by atoms with Crippen molar-refractivity contribution in [2.45, 2.75) is 45.1 Å². The Morgan fingerprint density at radius 1 is 0.938 bits per heavy atom. The molecule has 0 bridgehead atoms. The Morgan fingerprint density at radius 3 is 1.97 bits per heavy atom. The topological polar surface area (TPSA) is 54.0 Å². The summed E-state index contributed by atoms with van der Waals surface area (Å²) in [5, 5.41) is 2.29. The molecule has 5 nitrogen and oxygen atoms in total. The van der Waals surface area contributed by atoms with Gasteiger partial charge in [0.1, 0.15) is 6.61 Å². The van der Waals surface area contributed by atoms with Crippen molar-refractivity contribution in [3.05, 3.63) is 72.8 Å². The second-order valence-corrected chi connectivity index (χ2v) is 13.4. The number of rotatable bonds is 8. The molecule has 0 aliphatic carbocycles. The summed E-state index contributed by atoms with van der Waals surface area (Å²) in [4.78, 5) is 11.4. The van der Waals surface area contributed by atoms with Gasteiger partial charge in [0.15, 0.2) is 6.29 Å². The average Bonchev–Trinajstić information content (AvgIpc) is 2.79. The maximum absolute atomic E-state index is 11.4. The van der Waals surface area contributed by atoms with Crippen LogP contribution < -0.4 is 10.4 Å². The first-order chi connectivity index (χ1) is 15.3. The molecule has 3 atom stereocenters. The van der Waals surface area contributed by atoms with Crippen molar-refractivity contribution in [2.24, 2.45) is 5.92 Å². The van der Waals surface area contributed by atoms with E-state index in [9.17, 15) is 4.79 Å². The number of carbonyl (C=O) groups is 1. The van der Waals surface area contributed by atoms with Crippen LogP contribution in [0.15, 0.2) is 72.8 Å². The van der Waals surface area contributed by atoms with Crippen molar-refractivity contribution in [3.8, 4) is 0 Å². The molecule has 0 aromatic heterocycles. The summed E-state index contributed by atoms with van der Waals surface area (Å²) in [5.74, 6) is -0.414. The maximum atomic E-state index is 11.4. The van der Waals surface area contributed by atoms with Crippen molar-refractivity contribution in [3.63, 3.8) is 0 Å². The standard InChI is InChI=1S/C26H34O5Si/c1-20(27)29-18-21-16-17-25(28-5)31-24(21)19-30-32(26(2,3)4,22-12-8-6-9-13-22)23-14-10-7-11-15-23/h6-17,21,24-25H,18-19H2,1-5H3/t21-,24-,25+/m1/s1. The Morgan fingerprint density at radius 2 is 1.50 bits per heavy atom. The summed E-state index contributed by atoms with van der Waals surface area (Å²) < 4.78 is 23.9. The molecule has 0 N–H and O–H groups in total. The van der Waals surface area contributed by atoms with Crippen molar-refractivity contribution in [1.29, 1.82) is 0 Å². The third-order valence-corrected chi connectivity index (χ3v) is 10.9. The summed E-state index contributed by atoms with van der Waals surface area (Å²) in [6.07, 6.45) is 3.11. The van der Waals surface area contributed by atoms with E-state index in [1.807, 2.05) is 24.3 Å². The van der Waals surface area contributed by atoms with Crippen LogP contribution in [0.5, 0.6) is 0 Å². The molecule has 0 spiro atoms.